The van der Waals surface area contributed by atoms with Gasteiger partial charge in [0.15, 0.2) is 0 Å². The Morgan fingerprint density at radius 2 is 1.69 bits per heavy atom. The van der Waals surface area contributed by atoms with Crippen molar-refractivity contribution in [2.75, 3.05) is 33.0 Å². The van der Waals surface area contributed by atoms with E-state index in [1.54, 1.807) is 24.3 Å². The summed E-state index contributed by atoms with van der Waals surface area (Å²) in [6.45, 7) is -0.537. The predicted octanol–water partition coefficient (Wildman–Crippen LogP) is 1.28. The first kappa shape index (κ1) is 25.8. The van der Waals surface area contributed by atoms with Gasteiger partial charge in [-0.05, 0) is 23.3 Å². The number of hydrogen-bond donors (Lipinski definition) is 2. The molecule has 0 unspecified atom stereocenters. The number of hydrogen-bond acceptors (Lipinski definition) is 5. The van der Waals surface area contributed by atoms with Gasteiger partial charge in [-0.1, -0.05) is 54.1 Å². The molecule has 0 bridgehead atoms. The van der Waals surface area contributed by atoms with Crippen LogP contribution >= 0.6 is 11.6 Å². The van der Waals surface area contributed by atoms with Crippen LogP contribution in [0.2, 0.25) is 5.02 Å². The second-order valence-corrected chi connectivity index (χ2v) is 9.91. The second kappa shape index (κ2) is 12.0. The van der Waals surface area contributed by atoms with E-state index in [9.17, 15) is 18.0 Å². The Hall–Kier alpha value is -2.46. The molecule has 2 N–H and O–H groups in total. The number of sulfonamides is 1. The van der Waals surface area contributed by atoms with E-state index in [1.807, 2.05) is 30.3 Å². The lowest BCUT2D eigenvalue weighted by molar-refractivity contribution is -0.141. The number of aliphatic hydroxyl groups is 1. The van der Waals surface area contributed by atoms with Gasteiger partial charge in [-0.15, -0.1) is 0 Å². The van der Waals surface area contributed by atoms with Crippen LogP contribution in [0.15, 0.2) is 54.6 Å². The lowest BCUT2D eigenvalue weighted by atomic mass is 10.0. The number of halogens is 1. The van der Waals surface area contributed by atoms with E-state index < -0.39 is 34.4 Å². The minimum atomic E-state index is -3.59. The standard InChI is InChI=1S/C22H28ClN3O5S/c1-25(32(2,30)31)16-21(28)26(15-18-8-10-19(23)11-9-18)20(22(29)24-12-13-27)14-17-6-4-3-5-7-17/h3-11,20,27H,12-16H2,1-2H3,(H,24,29)/t20-/m0/s1. The van der Waals surface area contributed by atoms with Crippen molar-refractivity contribution in [2.45, 2.75) is 19.0 Å². The van der Waals surface area contributed by atoms with Crippen LogP contribution in [-0.2, 0) is 32.6 Å². The summed E-state index contributed by atoms with van der Waals surface area (Å²) < 4.78 is 24.6. The summed E-state index contributed by atoms with van der Waals surface area (Å²) in [5, 5.41) is 12.3. The highest BCUT2D eigenvalue weighted by molar-refractivity contribution is 7.88. The Morgan fingerprint density at radius 1 is 1.06 bits per heavy atom. The second-order valence-electron chi connectivity index (χ2n) is 7.39. The Kier molecular flexibility index (Phi) is 9.64. The summed E-state index contributed by atoms with van der Waals surface area (Å²) in [5.74, 6) is -0.958. The van der Waals surface area contributed by atoms with Gasteiger partial charge in [0, 0.05) is 31.6 Å². The van der Waals surface area contributed by atoms with Crippen molar-refractivity contribution in [3.8, 4) is 0 Å². The first-order valence-corrected chi connectivity index (χ1v) is 12.2. The summed E-state index contributed by atoms with van der Waals surface area (Å²) in [7, 11) is -2.28. The zero-order valence-electron chi connectivity index (χ0n) is 18.1. The molecule has 2 aromatic rings. The third-order valence-corrected chi connectivity index (χ3v) is 6.39. The van der Waals surface area contributed by atoms with E-state index in [1.165, 1.54) is 11.9 Å². The van der Waals surface area contributed by atoms with Crippen LogP contribution in [0, 0.1) is 0 Å². The molecule has 0 aliphatic carbocycles. The Morgan fingerprint density at radius 3 is 2.25 bits per heavy atom. The fourth-order valence-corrected chi connectivity index (χ4v) is 3.51. The number of carbonyl (C=O) groups is 2. The SMILES string of the molecule is CN(CC(=O)N(Cc1ccc(Cl)cc1)[C@@H](Cc1ccccc1)C(=O)NCCO)S(C)(=O)=O. The molecule has 8 nitrogen and oxygen atoms in total. The summed E-state index contributed by atoms with van der Waals surface area (Å²) in [6, 6.07) is 15.1. The number of rotatable bonds is 11. The van der Waals surface area contributed by atoms with Crippen LogP contribution in [0.25, 0.3) is 0 Å². The number of nitrogens with zero attached hydrogens (tertiary/aromatic N) is 2. The minimum absolute atomic E-state index is 0.0380. The van der Waals surface area contributed by atoms with Gasteiger partial charge in [-0.3, -0.25) is 9.59 Å². The van der Waals surface area contributed by atoms with Gasteiger partial charge in [0.05, 0.1) is 19.4 Å². The molecule has 0 spiro atoms. The summed E-state index contributed by atoms with van der Waals surface area (Å²) in [5.41, 5.74) is 1.57. The maximum absolute atomic E-state index is 13.2. The molecule has 0 fully saturated rings. The fraction of sp³-hybridized carbons (Fsp3) is 0.364. The third kappa shape index (κ3) is 7.90. The molecule has 0 radical (unpaired) electrons. The average molecular weight is 482 g/mol. The summed E-state index contributed by atoms with van der Waals surface area (Å²) in [6.07, 6.45) is 1.24. The third-order valence-electron chi connectivity index (χ3n) is 4.87. The van der Waals surface area contributed by atoms with Gasteiger partial charge in [0.1, 0.15) is 6.04 Å². The molecule has 2 amide bonds. The van der Waals surface area contributed by atoms with Gasteiger partial charge < -0.3 is 15.3 Å². The van der Waals surface area contributed by atoms with Crippen LogP contribution in [0.4, 0.5) is 0 Å². The number of benzene rings is 2. The molecule has 174 valence electrons. The Bertz CT molecular complexity index is 1000. The Balaban J connectivity index is 2.41. The van der Waals surface area contributed by atoms with Crippen LogP contribution in [0.1, 0.15) is 11.1 Å². The number of amides is 2. The van der Waals surface area contributed by atoms with Crippen LogP contribution in [-0.4, -0.2) is 73.6 Å². The molecule has 32 heavy (non-hydrogen) atoms. The monoisotopic (exact) mass is 481 g/mol. The number of nitrogens with one attached hydrogen (secondary N) is 1. The quantitative estimate of drug-likeness (QED) is 0.502. The molecule has 0 aliphatic rings. The first-order valence-electron chi connectivity index (χ1n) is 9.99. The van der Waals surface area contributed by atoms with E-state index in [4.69, 9.17) is 16.7 Å². The lowest BCUT2D eigenvalue weighted by Crippen LogP contribution is -2.53. The highest BCUT2D eigenvalue weighted by Crippen LogP contribution is 2.17. The maximum Gasteiger partial charge on any atom is 0.243 e. The zero-order valence-corrected chi connectivity index (χ0v) is 19.6. The minimum Gasteiger partial charge on any atom is -0.395 e. The van der Waals surface area contributed by atoms with E-state index in [0.717, 1.165) is 21.7 Å². The molecule has 0 saturated heterocycles. The number of carbonyl (C=O) groups excluding carboxylic acids is 2. The molecule has 2 aromatic carbocycles. The zero-order chi connectivity index (χ0) is 23.7. The molecule has 0 heterocycles. The Labute approximate surface area is 193 Å². The van der Waals surface area contributed by atoms with Crippen molar-refractivity contribution in [1.29, 1.82) is 0 Å². The molecule has 0 aliphatic heterocycles. The van der Waals surface area contributed by atoms with E-state index in [0.29, 0.717) is 5.02 Å². The van der Waals surface area contributed by atoms with Crippen molar-refractivity contribution >= 4 is 33.4 Å². The molecule has 0 aromatic heterocycles. The normalized spacial score (nSPS) is 12.4. The molecule has 1 atom stereocenters. The van der Waals surface area contributed by atoms with Crippen molar-refractivity contribution in [3.63, 3.8) is 0 Å². The maximum atomic E-state index is 13.2. The summed E-state index contributed by atoms with van der Waals surface area (Å²) in [4.78, 5) is 27.6. The predicted molar refractivity (Wildman–Crippen MR) is 124 cm³/mol. The van der Waals surface area contributed by atoms with E-state index in [-0.39, 0.29) is 26.1 Å². The molecule has 0 saturated carbocycles. The molecular weight excluding hydrogens is 454 g/mol. The van der Waals surface area contributed by atoms with Crippen LogP contribution in [0.5, 0.6) is 0 Å². The molecule has 10 heteroatoms. The molecule has 2 rings (SSSR count). The van der Waals surface area contributed by atoms with Gasteiger partial charge >= 0.3 is 0 Å². The number of aliphatic hydroxyl groups excluding tert-OH is 1. The highest BCUT2D eigenvalue weighted by Gasteiger charge is 2.31. The van der Waals surface area contributed by atoms with E-state index >= 15 is 0 Å². The lowest BCUT2D eigenvalue weighted by Gasteiger charge is -2.32. The van der Waals surface area contributed by atoms with Crippen LogP contribution < -0.4 is 5.32 Å². The first-order chi connectivity index (χ1) is 15.1. The fourth-order valence-electron chi connectivity index (χ4n) is 3.04. The van der Waals surface area contributed by atoms with Crippen molar-refractivity contribution < 1.29 is 23.1 Å². The summed E-state index contributed by atoms with van der Waals surface area (Å²) >= 11 is 5.97. The van der Waals surface area contributed by atoms with E-state index in [2.05, 4.69) is 5.32 Å². The topological polar surface area (TPSA) is 107 Å². The van der Waals surface area contributed by atoms with Crippen molar-refractivity contribution in [1.82, 2.24) is 14.5 Å². The van der Waals surface area contributed by atoms with Gasteiger partial charge in [-0.2, -0.15) is 4.31 Å². The van der Waals surface area contributed by atoms with Crippen molar-refractivity contribution in [2.24, 2.45) is 0 Å². The number of likely N-dealkylation sites (N-methyl/N-ethyl adjacent to an activating group) is 1. The highest BCUT2D eigenvalue weighted by atomic mass is 35.5. The largest absolute Gasteiger partial charge is 0.395 e. The average Bonchev–Trinajstić information content (AvgIpc) is 2.75. The molecular formula is C22H28ClN3O5S. The van der Waals surface area contributed by atoms with Gasteiger partial charge in [0.25, 0.3) is 0 Å². The smallest absolute Gasteiger partial charge is 0.243 e. The van der Waals surface area contributed by atoms with Crippen molar-refractivity contribution in [3.05, 3.63) is 70.7 Å². The van der Waals surface area contributed by atoms with Gasteiger partial charge in [0.2, 0.25) is 21.8 Å². The van der Waals surface area contributed by atoms with Crippen LogP contribution in [0.3, 0.4) is 0 Å². The van der Waals surface area contributed by atoms with Gasteiger partial charge in [-0.25, -0.2) is 8.42 Å².